The van der Waals surface area contributed by atoms with Crippen molar-refractivity contribution in [1.29, 1.82) is 0 Å². The number of hydrogen-bond acceptors (Lipinski definition) is 3. The lowest BCUT2D eigenvalue weighted by Crippen LogP contribution is -2.50. The third kappa shape index (κ3) is 5.69. The number of rotatable bonds is 6. The summed E-state index contributed by atoms with van der Waals surface area (Å²) in [5.74, 6) is 0.338. The normalized spacial score (nSPS) is 11.5. The molecular formula is C22H23N3O2S. The quantitative estimate of drug-likeness (QED) is 0.443. The van der Waals surface area contributed by atoms with Crippen molar-refractivity contribution >= 4 is 34.0 Å². The molecule has 0 aliphatic rings. The van der Waals surface area contributed by atoms with E-state index in [2.05, 4.69) is 28.3 Å². The number of hydrazine groups is 1. The molecule has 0 bridgehead atoms. The van der Waals surface area contributed by atoms with Crippen LogP contribution in [0.3, 0.4) is 0 Å². The molecule has 0 heterocycles. The lowest BCUT2D eigenvalue weighted by Gasteiger charge is -2.17. The van der Waals surface area contributed by atoms with Crippen molar-refractivity contribution in [2.45, 2.75) is 19.4 Å². The van der Waals surface area contributed by atoms with Crippen LogP contribution in [0.5, 0.6) is 5.75 Å². The average Bonchev–Trinajstić information content (AvgIpc) is 2.72. The Balaban J connectivity index is 1.41. The number of benzene rings is 3. The molecule has 3 N–H and O–H groups in total. The minimum Gasteiger partial charge on any atom is -0.481 e. The summed E-state index contributed by atoms with van der Waals surface area (Å²) in [6.07, 6.45) is 0.179. The highest BCUT2D eigenvalue weighted by molar-refractivity contribution is 7.80. The first-order chi connectivity index (χ1) is 13.6. The van der Waals surface area contributed by atoms with Crippen LogP contribution in [-0.4, -0.2) is 23.7 Å². The molecule has 0 saturated carbocycles. The lowest BCUT2D eigenvalue weighted by molar-refractivity contribution is -0.127. The highest BCUT2D eigenvalue weighted by atomic mass is 32.1. The highest BCUT2D eigenvalue weighted by Gasteiger charge is 2.15. The zero-order valence-electron chi connectivity index (χ0n) is 15.6. The van der Waals surface area contributed by atoms with Gasteiger partial charge in [0.05, 0.1) is 0 Å². The summed E-state index contributed by atoms with van der Waals surface area (Å²) in [6.45, 7) is 2.37. The Hall–Kier alpha value is -3.12. The van der Waals surface area contributed by atoms with E-state index in [0.717, 1.165) is 17.2 Å². The zero-order valence-corrected chi connectivity index (χ0v) is 16.5. The third-order valence-electron chi connectivity index (χ3n) is 4.24. The van der Waals surface area contributed by atoms with E-state index in [4.69, 9.17) is 17.0 Å². The maximum absolute atomic E-state index is 12.2. The van der Waals surface area contributed by atoms with Crippen LogP contribution in [0.1, 0.15) is 12.5 Å². The second-order valence-corrected chi connectivity index (χ2v) is 6.78. The van der Waals surface area contributed by atoms with Crippen molar-refractivity contribution in [2.24, 2.45) is 0 Å². The van der Waals surface area contributed by atoms with Gasteiger partial charge in [-0.3, -0.25) is 15.6 Å². The monoisotopic (exact) mass is 393 g/mol. The predicted molar refractivity (Wildman–Crippen MR) is 116 cm³/mol. The fourth-order valence-electron chi connectivity index (χ4n) is 2.73. The van der Waals surface area contributed by atoms with Gasteiger partial charge in [-0.25, -0.2) is 0 Å². The summed E-state index contributed by atoms with van der Waals surface area (Å²) >= 11 is 5.18. The number of amides is 1. The van der Waals surface area contributed by atoms with E-state index >= 15 is 0 Å². The van der Waals surface area contributed by atoms with Crippen molar-refractivity contribution < 1.29 is 9.53 Å². The van der Waals surface area contributed by atoms with Gasteiger partial charge >= 0.3 is 0 Å². The van der Waals surface area contributed by atoms with Crippen LogP contribution in [-0.2, 0) is 11.2 Å². The number of fused-ring (bicyclic) bond motifs is 1. The van der Waals surface area contributed by atoms with E-state index in [1.54, 1.807) is 6.92 Å². The van der Waals surface area contributed by atoms with E-state index < -0.39 is 6.10 Å². The summed E-state index contributed by atoms with van der Waals surface area (Å²) < 4.78 is 5.74. The Morgan fingerprint density at radius 1 is 0.964 bits per heavy atom. The third-order valence-corrected chi connectivity index (χ3v) is 4.49. The second-order valence-electron chi connectivity index (χ2n) is 6.37. The van der Waals surface area contributed by atoms with E-state index in [-0.39, 0.29) is 5.91 Å². The standard InChI is InChI=1S/C22H23N3O2S/c1-16(27-20-12-11-18-9-5-6-10-19(18)15-20)21(26)24-25-22(28)23-14-13-17-7-3-2-4-8-17/h2-12,15-16H,13-14H2,1H3,(H,24,26)(H2,23,25,28)/t16-/m1/s1. The van der Waals surface area contributed by atoms with Crippen molar-refractivity contribution in [1.82, 2.24) is 16.2 Å². The molecule has 0 saturated heterocycles. The van der Waals surface area contributed by atoms with Gasteiger partial charge < -0.3 is 10.1 Å². The van der Waals surface area contributed by atoms with Gasteiger partial charge in [-0.1, -0.05) is 60.7 Å². The Labute approximate surface area is 170 Å². The van der Waals surface area contributed by atoms with Crippen LogP contribution in [0, 0.1) is 0 Å². The van der Waals surface area contributed by atoms with Crippen molar-refractivity contribution in [2.75, 3.05) is 6.54 Å². The van der Waals surface area contributed by atoms with Crippen LogP contribution in [0.2, 0.25) is 0 Å². The van der Waals surface area contributed by atoms with E-state index in [0.29, 0.717) is 17.4 Å². The van der Waals surface area contributed by atoms with Crippen LogP contribution in [0.15, 0.2) is 72.8 Å². The fraction of sp³-hybridized carbons (Fsp3) is 0.182. The van der Waals surface area contributed by atoms with E-state index in [1.165, 1.54) is 5.56 Å². The molecule has 0 radical (unpaired) electrons. The van der Waals surface area contributed by atoms with Gasteiger partial charge in [0.25, 0.3) is 5.91 Å². The minimum atomic E-state index is -0.666. The molecule has 0 unspecified atom stereocenters. The molecule has 28 heavy (non-hydrogen) atoms. The summed E-state index contributed by atoms with van der Waals surface area (Å²) in [5, 5.41) is 5.61. The van der Waals surface area contributed by atoms with Gasteiger partial charge in [-0.05, 0) is 54.0 Å². The molecule has 0 aromatic heterocycles. The molecule has 3 rings (SSSR count). The molecule has 0 spiro atoms. The van der Waals surface area contributed by atoms with Gasteiger partial charge in [0, 0.05) is 6.54 Å². The largest absolute Gasteiger partial charge is 0.481 e. The van der Waals surface area contributed by atoms with Crippen LogP contribution in [0.25, 0.3) is 10.8 Å². The smallest absolute Gasteiger partial charge is 0.279 e. The molecule has 3 aromatic carbocycles. The van der Waals surface area contributed by atoms with Crippen molar-refractivity contribution in [3.8, 4) is 5.75 Å². The molecule has 3 aromatic rings. The zero-order chi connectivity index (χ0) is 19.8. The number of hydrogen-bond donors (Lipinski definition) is 3. The van der Waals surface area contributed by atoms with Gasteiger partial charge in [0.15, 0.2) is 11.2 Å². The molecule has 0 fully saturated rings. The van der Waals surface area contributed by atoms with Crippen LogP contribution < -0.4 is 20.9 Å². The summed E-state index contributed by atoms with van der Waals surface area (Å²) in [7, 11) is 0. The Kier molecular flexibility index (Phi) is 6.81. The molecule has 0 aliphatic heterocycles. The molecule has 144 valence electrons. The summed E-state index contributed by atoms with van der Waals surface area (Å²) in [6, 6.07) is 23.9. The molecule has 5 nitrogen and oxygen atoms in total. The maximum atomic E-state index is 12.2. The Morgan fingerprint density at radius 2 is 1.68 bits per heavy atom. The fourth-order valence-corrected chi connectivity index (χ4v) is 2.88. The first-order valence-electron chi connectivity index (χ1n) is 9.15. The number of ether oxygens (including phenoxy) is 1. The highest BCUT2D eigenvalue weighted by Crippen LogP contribution is 2.21. The number of thiocarbonyl (C=S) groups is 1. The first-order valence-corrected chi connectivity index (χ1v) is 9.56. The minimum absolute atomic E-state index is 0.305. The van der Waals surface area contributed by atoms with Gasteiger partial charge in [0.1, 0.15) is 5.75 Å². The maximum Gasteiger partial charge on any atom is 0.279 e. The summed E-state index contributed by atoms with van der Waals surface area (Å²) in [4.78, 5) is 12.2. The molecule has 6 heteroatoms. The van der Waals surface area contributed by atoms with Crippen LogP contribution in [0.4, 0.5) is 0 Å². The molecule has 1 amide bonds. The second kappa shape index (κ2) is 9.71. The topological polar surface area (TPSA) is 62.4 Å². The number of carbonyl (C=O) groups is 1. The average molecular weight is 394 g/mol. The van der Waals surface area contributed by atoms with E-state index in [9.17, 15) is 4.79 Å². The molecular weight excluding hydrogens is 370 g/mol. The molecule has 0 aliphatic carbocycles. The van der Waals surface area contributed by atoms with Gasteiger partial charge in [-0.15, -0.1) is 0 Å². The lowest BCUT2D eigenvalue weighted by atomic mass is 10.1. The van der Waals surface area contributed by atoms with Crippen molar-refractivity contribution in [3.05, 3.63) is 78.4 Å². The number of nitrogens with one attached hydrogen (secondary N) is 3. The van der Waals surface area contributed by atoms with Gasteiger partial charge in [0.2, 0.25) is 0 Å². The van der Waals surface area contributed by atoms with E-state index in [1.807, 2.05) is 60.7 Å². The molecule has 1 atom stereocenters. The van der Waals surface area contributed by atoms with Crippen molar-refractivity contribution in [3.63, 3.8) is 0 Å². The number of carbonyl (C=O) groups excluding carboxylic acids is 1. The Morgan fingerprint density at radius 3 is 2.46 bits per heavy atom. The van der Waals surface area contributed by atoms with Gasteiger partial charge in [-0.2, -0.15) is 0 Å². The Bertz CT molecular complexity index is 947. The SMILES string of the molecule is C[C@@H](Oc1ccc2ccccc2c1)C(=O)NNC(=S)NCCc1ccccc1. The predicted octanol–water partition coefficient (Wildman–Crippen LogP) is 3.35. The first kappa shape index (κ1) is 19.6. The van der Waals surface area contributed by atoms with Crippen LogP contribution >= 0.6 is 12.2 Å². The summed E-state index contributed by atoms with van der Waals surface area (Å²) in [5.41, 5.74) is 6.50.